The molecule has 0 bridgehead atoms. The van der Waals surface area contributed by atoms with Crippen molar-refractivity contribution in [2.75, 3.05) is 13.1 Å². The molecule has 0 spiro atoms. The first kappa shape index (κ1) is 16.0. The molecule has 1 fully saturated rings. The summed E-state index contributed by atoms with van der Waals surface area (Å²) in [5.41, 5.74) is 2.54. The molecule has 1 aromatic heterocycles. The third-order valence-electron chi connectivity index (χ3n) is 4.05. The summed E-state index contributed by atoms with van der Waals surface area (Å²) in [5, 5.41) is 7.48. The first-order valence-electron chi connectivity index (χ1n) is 7.38. The van der Waals surface area contributed by atoms with Gasteiger partial charge >= 0.3 is 0 Å². The van der Waals surface area contributed by atoms with E-state index in [4.69, 9.17) is 4.52 Å². The van der Waals surface area contributed by atoms with E-state index in [1.807, 2.05) is 0 Å². The predicted molar refractivity (Wildman–Crippen MR) is 84.8 cm³/mol. The minimum atomic E-state index is 0. The molecule has 3 rings (SSSR count). The maximum atomic E-state index is 5.36. The smallest absolute Gasteiger partial charge is 0.226 e. The summed E-state index contributed by atoms with van der Waals surface area (Å²) in [4.78, 5) is 4.51. The van der Waals surface area contributed by atoms with Crippen LogP contribution in [0.25, 0.3) is 0 Å². The number of halogens is 1. The number of hydrogen-bond acceptors (Lipinski definition) is 4. The van der Waals surface area contributed by atoms with Crippen molar-refractivity contribution in [3.8, 4) is 0 Å². The van der Waals surface area contributed by atoms with Crippen molar-refractivity contribution in [1.29, 1.82) is 0 Å². The van der Waals surface area contributed by atoms with Gasteiger partial charge in [0.2, 0.25) is 5.89 Å². The summed E-state index contributed by atoms with van der Waals surface area (Å²) in [6, 6.07) is 8.34. The van der Waals surface area contributed by atoms with E-state index >= 15 is 0 Å². The fourth-order valence-electron chi connectivity index (χ4n) is 2.73. The largest absolute Gasteiger partial charge is 0.339 e. The molecule has 4 nitrogen and oxygen atoms in total. The summed E-state index contributed by atoms with van der Waals surface area (Å²) in [7, 11) is 0. The highest BCUT2D eigenvalue weighted by Crippen LogP contribution is 2.16. The lowest BCUT2D eigenvalue weighted by Crippen LogP contribution is -2.09. The first-order chi connectivity index (χ1) is 9.81. The average molecular weight is 308 g/mol. The van der Waals surface area contributed by atoms with E-state index in [1.54, 1.807) is 0 Å². The van der Waals surface area contributed by atoms with Crippen LogP contribution in [0.5, 0.6) is 0 Å². The number of rotatable bonds is 5. The van der Waals surface area contributed by atoms with Crippen LogP contribution in [0.15, 0.2) is 28.8 Å². The van der Waals surface area contributed by atoms with E-state index < -0.39 is 0 Å². The SMILES string of the molecule is Cc1ccccc1Cc1noc(CCC2CCNC2)n1.Cl. The van der Waals surface area contributed by atoms with Crippen molar-refractivity contribution in [1.82, 2.24) is 15.5 Å². The highest BCUT2D eigenvalue weighted by atomic mass is 35.5. The average Bonchev–Trinajstić information content (AvgIpc) is 3.10. The van der Waals surface area contributed by atoms with Gasteiger partial charge in [0.25, 0.3) is 0 Å². The van der Waals surface area contributed by atoms with Gasteiger partial charge in [-0.1, -0.05) is 29.4 Å². The van der Waals surface area contributed by atoms with E-state index in [9.17, 15) is 0 Å². The normalized spacial score (nSPS) is 17.7. The van der Waals surface area contributed by atoms with Gasteiger partial charge in [0.1, 0.15) is 0 Å². The highest BCUT2D eigenvalue weighted by Gasteiger charge is 2.16. The first-order valence-corrected chi connectivity index (χ1v) is 7.38. The molecule has 0 amide bonds. The van der Waals surface area contributed by atoms with Crippen molar-refractivity contribution in [3.63, 3.8) is 0 Å². The van der Waals surface area contributed by atoms with Gasteiger partial charge < -0.3 is 9.84 Å². The Kier molecular flexibility index (Phi) is 5.76. The molecule has 2 heterocycles. The molecule has 0 aliphatic carbocycles. The Bertz CT molecular complexity index is 564. The molecule has 2 aromatic rings. The molecule has 1 N–H and O–H groups in total. The molecule has 0 radical (unpaired) electrons. The van der Waals surface area contributed by atoms with Crippen LogP contribution in [-0.2, 0) is 12.8 Å². The number of hydrogen-bond donors (Lipinski definition) is 1. The van der Waals surface area contributed by atoms with Gasteiger partial charge in [-0.25, -0.2) is 0 Å². The topological polar surface area (TPSA) is 51.0 Å². The van der Waals surface area contributed by atoms with Gasteiger partial charge in [-0.05, 0) is 49.9 Å². The molecule has 21 heavy (non-hydrogen) atoms. The molecule has 1 aliphatic rings. The van der Waals surface area contributed by atoms with E-state index in [2.05, 4.69) is 46.6 Å². The predicted octanol–water partition coefficient (Wildman–Crippen LogP) is 2.93. The van der Waals surface area contributed by atoms with Crippen LogP contribution in [0.3, 0.4) is 0 Å². The number of aromatic nitrogens is 2. The van der Waals surface area contributed by atoms with E-state index in [0.29, 0.717) is 0 Å². The Balaban J connectivity index is 0.00000161. The minimum Gasteiger partial charge on any atom is -0.339 e. The van der Waals surface area contributed by atoms with E-state index in [-0.39, 0.29) is 12.4 Å². The summed E-state index contributed by atoms with van der Waals surface area (Å²) in [5.74, 6) is 2.33. The third kappa shape index (κ3) is 4.29. The zero-order valence-electron chi connectivity index (χ0n) is 12.3. The molecule has 5 heteroatoms. The number of nitrogens with one attached hydrogen (secondary N) is 1. The van der Waals surface area contributed by atoms with Gasteiger partial charge in [0.15, 0.2) is 5.82 Å². The zero-order chi connectivity index (χ0) is 13.8. The van der Waals surface area contributed by atoms with Crippen molar-refractivity contribution in [2.45, 2.75) is 32.6 Å². The van der Waals surface area contributed by atoms with Gasteiger partial charge in [-0.15, -0.1) is 12.4 Å². The van der Waals surface area contributed by atoms with E-state index in [0.717, 1.165) is 50.0 Å². The van der Waals surface area contributed by atoms with Crippen molar-refractivity contribution in [3.05, 3.63) is 47.1 Å². The van der Waals surface area contributed by atoms with Crippen LogP contribution in [-0.4, -0.2) is 23.2 Å². The molecule has 0 saturated carbocycles. The van der Waals surface area contributed by atoms with Crippen LogP contribution >= 0.6 is 12.4 Å². The Labute approximate surface area is 131 Å². The van der Waals surface area contributed by atoms with Crippen molar-refractivity contribution >= 4 is 12.4 Å². The van der Waals surface area contributed by atoms with E-state index in [1.165, 1.54) is 17.5 Å². The summed E-state index contributed by atoms with van der Waals surface area (Å²) in [6.45, 7) is 4.39. The minimum absolute atomic E-state index is 0. The molecular formula is C16H22ClN3O. The molecular weight excluding hydrogens is 286 g/mol. The number of nitrogens with zero attached hydrogens (tertiary/aromatic N) is 2. The third-order valence-corrected chi connectivity index (χ3v) is 4.05. The molecule has 1 saturated heterocycles. The van der Waals surface area contributed by atoms with Crippen LogP contribution in [0.1, 0.15) is 35.7 Å². The van der Waals surface area contributed by atoms with Gasteiger partial charge in [-0.2, -0.15) is 4.98 Å². The monoisotopic (exact) mass is 307 g/mol. The zero-order valence-corrected chi connectivity index (χ0v) is 13.2. The van der Waals surface area contributed by atoms with Crippen LogP contribution < -0.4 is 5.32 Å². The fraction of sp³-hybridized carbons (Fsp3) is 0.500. The maximum absolute atomic E-state index is 5.36. The summed E-state index contributed by atoms with van der Waals surface area (Å²) in [6.07, 6.45) is 4.05. The fourth-order valence-corrected chi connectivity index (χ4v) is 2.73. The molecule has 114 valence electrons. The van der Waals surface area contributed by atoms with Gasteiger partial charge in [-0.3, -0.25) is 0 Å². The molecule has 1 aromatic carbocycles. The molecule has 1 aliphatic heterocycles. The second kappa shape index (κ2) is 7.57. The second-order valence-corrected chi connectivity index (χ2v) is 5.61. The Morgan fingerprint density at radius 3 is 2.95 bits per heavy atom. The van der Waals surface area contributed by atoms with Crippen LogP contribution in [0, 0.1) is 12.8 Å². The Morgan fingerprint density at radius 2 is 2.19 bits per heavy atom. The number of aryl methyl sites for hydroxylation is 2. The lowest BCUT2D eigenvalue weighted by Gasteiger charge is -2.04. The quantitative estimate of drug-likeness (QED) is 0.923. The van der Waals surface area contributed by atoms with Crippen molar-refractivity contribution < 1.29 is 4.52 Å². The molecule has 1 atom stereocenters. The lowest BCUT2D eigenvalue weighted by atomic mass is 10.0. The highest BCUT2D eigenvalue weighted by molar-refractivity contribution is 5.85. The van der Waals surface area contributed by atoms with Crippen molar-refractivity contribution in [2.24, 2.45) is 5.92 Å². The Hall–Kier alpha value is -1.39. The summed E-state index contributed by atoms with van der Waals surface area (Å²) >= 11 is 0. The summed E-state index contributed by atoms with van der Waals surface area (Å²) < 4.78 is 5.36. The lowest BCUT2D eigenvalue weighted by molar-refractivity contribution is 0.361. The van der Waals surface area contributed by atoms with Gasteiger partial charge in [0, 0.05) is 12.8 Å². The Morgan fingerprint density at radius 1 is 1.33 bits per heavy atom. The standard InChI is InChI=1S/C16H21N3O.ClH/c1-12-4-2-3-5-14(12)10-15-18-16(20-19-15)7-6-13-8-9-17-11-13;/h2-5,13,17H,6-11H2,1H3;1H. The van der Waals surface area contributed by atoms with Gasteiger partial charge in [0.05, 0.1) is 0 Å². The molecule has 1 unspecified atom stereocenters. The second-order valence-electron chi connectivity index (χ2n) is 5.61. The van der Waals surface area contributed by atoms with Crippen LogP contribution in [0.2, 0.25) is 0 Å². The number of benzene rings is 1. The van der Waals surface area contributed by atoms with Crippen LogP contribution in [0.4, 0.5) is 0 Å². The maximum Gasteiger partial charge on any atom is 0.226 e.